The fraction of sp³-hybridized carbons (Fsp3) is 0.278. The van der Waals surface area contributed by atoms with Crippen molar-refractivity contribution < 1.29 is 41.1 Å². The number of primary sulfonamides is 1. The van der Waals surface area contributed by atoms with Gasteiger partial charge in [0.1, 0.15) is 6.61 Å². The Kier molecular flexibility index (Phi) is 7.13. The molecule has 2 aromatic rings. The number of carbonyl (C=O) groups excluding carboxylic acids is 1. The summed E-state index contributed by atoms with van der Waals surface area (Å²) in [4.78, 5) is 22.6. The Hall–Kier alpha value is -3.32. The predicted octanol–water partition coefficient (Wildman–Crippen LogP) is 2.83. The van der Waals surface area contributed by atoms with E-state index in [0.29, 0.717) is 11.1 Å². The molecule has 0 unspecified atom stereocenters. The Balaban J connectivity index is 2.37. The molecule has 0 saturated heterocycles. The molecule has 0 aromatic heterocycles. The Morgan fingerprint density at radius 1 is 1.19 bits per heavy atom. The summed E-state index contributed by atoms with van der Waals surface area (Å²) in [5.41, 5.74) is -0.130. The van der Waals surface area contributed by atoms with E-state index < -0.39 is 45.6 Å². The van der Waals surface area contributed by atoms with E-state index in [-0.39, 0.29) is 21.8 Å². The summed E-state index contributed by atoms with van der Waals surface area (Å²) < 4.78 is 62.7. The van der Waals surface area contributed by atoms with Gasteiger partial charge in [0.25, 0.3) is 5.69 Å². The summed E-state index contributed by atoms with van der Waals surface area (Å²) in [6.07, 6.45) is 0. The summed E-state index contributed by atoms with van der Waals surface area (Å²) in [5, 5.41) is 16.5. The predicted molar refractivity (Wildman–Crippen MR) is 103 cm³/mol. The number of carbonyl (C=O) groups is 1. The minimum atomic E-state index is -4.11. The second-order valence-corrected chi connectivity index (χ2v) is 7.83. The molecule has 2 N–H and O–H groups in total. The molecule has 168 valence electrons. The van der Waals surface area contributed by atoms with Gasteiger partial charge in [0.05, 0.1) is 34.1 Å². The van der Waals surface area contributed by atoms with Gasteiger partial charge >= 0.3 is 12.6 Å². The maximum Gasteiger partial charge on any atom is 0.387 e. The summed E-state index contributed by atoms with van der Waals surface area (Å²) in [6, 6.07) is 4.16. The van der Waals surface area contributed by atoms with Crippen molar-refractivity contribution in [2.24, 2.45) is 5.14 Å². The quantitative estimate of drug-likeness (QED) is 0.359. The number of nitro benzene ring substituents is 1. The van der Waals surface area contributed by atoms with Gasteiger partial charge in [-0.25, -0.2) is 18.4 Å². The number of aryl methyl sites for hydroxylation is 1. The number of hydrogen-bond donors (Lipinski definition) is 1. The van der Waals surface area contributed by atoms with Crippen LogP contribution in [-0.2, 0) is 21.4 Å². The number of ether oxygens (including phenoxy) is 3. The fourth-order valence-electron chi connectivity index (χ4n) is 2.69. The minimum absolute atomic E-state index is 0.139. The molecule has 0 spiro atoms. The normalized spacial score (nSPS) is 11.3. The van der Waals surface area contributed by atoms with Crippen molar-refractivity contribution in [3.63, 3.8) is 0 Å². The molecule has 0 heterocycles. The van der Waals surface area contributed by atoms with Crippen LogP contribution in [-0.4, -0.2) is 33.0 Å². The average molecular weight is 460 g/mol. The van der Waals surface area contributed by atoms with Crippen molar-refractivity contribution in [3.05, 3.63) is 56.6 Å². The zero-order chi connectivity index (χ0) is 23.5. The van der Waals surface area contributed by atoms with Crippen LogP contribution in [0.15, 0.2) is 29.2 Å². The number of nitro groups is 1. The zero-order valence-electron chi connectivity index (χ0n) is 16.5. The number of benzene rings is 2. The van der Waals surface area contributed by atoms with Crippen LogP contribution in [0.3, 0.4) is 0 Å². The van der Waals surface area contributed by atoms with Crippen LogP contribution in [0.25, 0.3) is 0 Å². The lowest BCUT2D eigenvalue weighted by Gasteiger charge is -2.13. The smallest absolute Gasteiger partial charge is 0.387 e. The number of rotatable bonds is 8. The van der Waals surface area contributed by atoms with Gasteiger partial charge < -0.3 is 14.2 Å². The van der Waals surface area contributed by atoms with E-state index in [9.17, 15) is 32.1 Å². The number of esters is 1. The number of methoxy groups -OCH3 is 1. The van der Waals surface area contributed by atoms with Crippen LogP contribution >= 0.6 is 0 Å². The van der Waals surface area contributed by atoms with E-state index >= 15 is 0 Å². The third kappa shape index (κ3) is 5.64. The van der Waals surface area contributed by atoms with Crippen molar-refractivity contribution in [2.45, 2.75) is 32.0 Å². The minimum Gasteiger partial charge on any atom is -0.493 e. The molecule has 0 aliphatic carbocycles. The fourth-order valence-corrected chi connectivity index (χ4v) is 3.57. The Morgan fingerprint density at radius 2 is 1.84 bits per heavy atom. The molecule has 2 aromatic carbocycles. The van der Waals surface area contributed by atoms with E-state index in [1.807, 2.05) is 0 Å². The van der Waals surface area contributed by atoms with Crippen molar-refractivity contribution in [2.75, 3.05) is 7.11 Å². The van der Waals surface area contributed by atoms with Gasteiger partial charge in [0.2, 0.25) is 10.0 Å². The molecule has 0 fully saturated rings. The number of alkyl halides is 2. The second kappa shape index (κ2) is 9.22. The van der Waals surface area contributed by atoms with Crippen LogP contribution in [0.1, 0.15) is 27.0 Å². The topological polar surface area (TPSA) is 148 Å². The van der Waals surface area contributed by atoms with Gasteiger partial charge in [-0.05, 0) is 43.2 Å². The van der Waals surface area contributed by atoms with Gasteiger partial charge in [-0.3, -0.25) is 10.1 Å². The molecular weight excluding hydrogens is 442 g/mol. The highest BCUT2D eigenvalue weighted by Gasteiger charge is 2.24. The van der Waals surface area contributed by atoms with Crippen molar-refractivity contribution in [1.82, 2.24) is 0 Å². The number of hydrogen-bond acceptors (Lipinski definition) is 8. The van der Waals surface area contributed by atoms with Crippen LogP contribution in [0.4, 0.5) is 14.5 Å². The zero-order valence-corrected chi connectivity index (χ0v) is 17.4. The molecular formula is C18H18F2N2O8S. The van der Waals surface area contributed by atoms with Crippen molar-refractivity contribution in [1.29, 1.82) is 0 Å². The maximum absolute atomic E-state index is 12.5. The molecule has 0 radical (unpaired) electrons. The third-order valence-corrected chi connectivity index (χ3v) is 5.34. The van der Waals surface area contributed by atoms with E-state index in [0.717, 1.165) is 25.3 Å². The largest absolute Gasteiger partial charge is 0.493 e. The molecule has 10 nitrogen and oxygen atoms in total. The lowest BCUT2D eigenvalue weighted by Crippen LogP contribution is -2.16. The molecule has 0 saturated carbocycles. The Bertz CT molecular complexity index is 1140. The number of halogens is 2. The van der Waals surface area contributed by atoms with Crippen LogP contribution in [0, 0.1) is 24.0 Å². The first-order chi connectivity index (χ1) is 14.3. The Morgan fingerprint density at radius 3 is 2.35 bits per heavy atom. The molecule has 0 amide bonds. The monoisotopic (exact) mass is 460 g/mol. The highest BCUT2D eigenvalue weighted by Crippen LogP contribution is 2.36. The molecule has 0 aliphatic rings. The second-order valence-electron chi connectivity index (χ2n) is 6.30. The molecule has 13 heteroatoms. The summed E-state index contributed by atoms with van der Waals surface area (Å²) >= 11 is 0. The molecule has 0 aliphatic heterocycles. The van der Waals surface area contributed by atoms with Crippen LogP contribution < -0.4 is 14.6 Å². The van der Waals surface area contributed by atoms with E-state index in [4.69, 9.17) is 14.6 Å². The number of nitrogens with zero attached hydrogens (tertiary/aromatic N) is 1. The van der Waals surface area contributed by atoms with E-state index in [1.165, 1.54) is 13.0 Å². The lowest BCUT2D eigenvalue weighted by molar-refractivity contribution is -0.386. The summed E-state index contributed by atoms with van der Waals surface area (Å²) in [7, 11) is -2.97. The summed E-state index contributed by atoms with van der Waals surface area (Å²) in [5.74, 6) is -1.78. The van der Waals surface area contributed by atoms with Crippen LogP contribution in [0.5, 0.6) is 11.5 Å². The maximum atomic E-state index is 12.5. The van der Waals surface area contributed by atoms with Crippen molar-refractivity contribution in [3.8, 4) is 11.5 Å². The van der Waals surface area contributed by atoms with Crippen LogP contribution in [0.2, 0.25) is 0 Å². The Labute approximate surface area is 175 Å². The standard InChI is InChI=1S/C18H18F2N2O8S/c1-9-4-11(6-16(10(9)2)31(21,26)27)17(23)29-8-12-5-14(28-3)15(30-18(19)20)7-13(12)22(24)25/h4-7,18H,8H2,1-3H3,(H2,21,26,27). The van der Waals surface area contributed by atoms with E-state index in [2.05, 4.69) is 4.74 Å². The number of nitrogens with two attached hydrogens (primary N) is 1. The van der Waals surface area contributed by atoms with E-state index in [1.54, 1.807) is 6.92 Å². The molecule has 0 atom stereocenters. The van der Waals surface area contributed by atoms with Gasteiger partial charge in [-0.1, -0.05) is 0 Å². The highest BCUT2D eigenvalue weighted by atomic mass is 32.2. The van der Waals surface area contributed by atoms with Gasteiger partial charge in [-0.2, -0.15) is 8.78 Å². The van der Waals surface area contributed by atoms with Crippen molar-refractivity contribution >= 4 is 21.7 Å². The third-order valence-electron chi connectivity index (χ3n) is 4.30. The van der Waals surface area contributed by atoms with Gasteiger partial charge in [-0.15, -0.1) is 0 Å². The average Bonchev–Trinajstić information content (AvgIpc) is 2.66. The first kappa shape index (κ1) is 24.0. The molecule has 0 bridgehead atoms. The summed E-state index contributed by atoms with van der Waals surface area (Å²) in [6.45, 7) is -0.783. The first-order valence-corrected chi connectivity index (χ1v) is 10.0. The number of sulfonamides is 1. The highest BCUT2D eigenvalue weighted by molar-refractivity contribution is 7.89. The van der Waals surface area contributed by atoms with Gasteiger partial charge in [0.15, 0.2) is 11.5 Å². The first-order valence-electron chi connectivity index (χ1n) is 8.46. The SMILES string of the molecule is COc1cc(COC(=O)c2cc(C)c(C)c(S(N)(=O)=O)c2)c([N+](=O)[O-])cc1OC(F)F. The molecule has 2 rings (SSSR count). The molecule has 31 heavy (non-hydrogen) atoms. The van der Waals surface area contributed by atoms with Gasteiger partial charge in [0, 0.05) is 0 Å². The lowest BCUT2D eigenvalue weighted by atomic mass is 10.1.